The third-order valence-electron chi connectivity index (χ3n) is 5.16. The maximum Gasteiger partial charge on any atom is 0.130 e. The number of nitrogens with one attached hydrogen (secondary N) is 1. The van der Waals surface area contributed by atoms with Gasteiger partial charge in [-0.15, -0.1) is 0 Å². The second-order valence-electron chi connectivity index (χ2n) is 6.74. The highest BCUT2D eigenvalue weighted by atomic mass is 19.1. The summed E-state index contributed by atoms with van der Waals surface area (Å²) in [5, 5.41) is 3.67. The smallest absolute Gasteiger partial charge is 0.130 e. The second kappa shape index (κ2) is 5.65. The summed E-state index contributed by atoms with van der Waals surface area (Å²) in [6, 6.07) is 4.47. The largest absolute Gasteiger partial charge is 0.308 e. The van der Waals surface area contributed by atoms with Gasteiger partial charge in [-0.05, 0) is 44.2 Å². The molecule has 0 bridgehead atoms. The molecule has 2 unspecified atom stereocenters. The number of benzene rings is 1. The highest BCUT2D eigenvalue weighted by Crippen LogP contribution is 2.41. The van der Waals surface area contributed by atoms with Crippen LogP contribution in [0.3, 0.4) is 0 Å². The molecule has 4 heteroatoms. The van der Waals surface area contributed by atoms with Crippen molar-refractivity contribution in [2.24, 2.45) is 5.92 Å². The minimum Gasteiger partial charge on any atom is -0.308 e. The van der Waals surface area contributed by atoms with Crippen LogP contribution in [0.5, 0.6) is 0 Å². The van der Waals surface area contributed by atoms with Crippen LogP contribution in [0, 0.1) is 17.6 Å². The van der Waals surface area contributed by atoms with E-state index < -0.39 is 11.6 Å². The molecule has 2 aliphatic rings. The molecule has 1 N–H and O–H groups in total. The van der Waals surface area contributed by atoms with Crippen LogP contribution in [0.2, 0.25) is 0 Å². The summed E-state index contributed by atoms with van der Waals surface area (Å²) in [6.07, 6.45) is 3.52. The van der Waals surface area contributed by atoms with E-state index in [4.69, 9.17) is 0 Å². The molecule has 0 radical (unpaired) electrons. The van der Waals surface area contributed by atoms with Gasteiger partial charge in [0.2, 0.25) is 0 Å². The van der Waals surface area contributed by atoms with E-state index in [9.17, 15) is 8.78 Å². The number of rotatable bonds is 4. The van der Waals surface area contributed by atoms with Gasteiger partial charge in [-0.2, -0.15) is 0 Å². The lowest BCUT2D eigenvalue weighted by Crippen LogP contribution is -2.63. The molecule has 0 amide bonds. The predicted molar refractivity (Wildman–Crippen MR) is 80.0 cm³/mol. The van der Waals surface area contributed by atoms with Crippen molar-refractivity contribution < 1.29 is 8.78 Å². The molecule has 1 heterocycles. The van der Waals surface area contributed by atoms with E-state index in [1.54, 1.807) is 0 Å². The van der Waals surface area contributed by atoms with Gasteiger partial charge >= 0.3 is 0 Å². The second-order valence-corrected chi connectivity index (χ2v) is 6.74. The highest BCUT2D eigenvalue weighted by molar-refractivity contribution is 5.20. The topological polar surface area (TPSA) is 15.3 Å². The van der Waals surface area contributed by atoms with Gasteiger partial charge in [-0.25, -0.2) is 8.78 Å². The van der Waals surface area contributed by atoms with Crippen LogP contribution in [0.1, 0.15) is 38.7 Å². The van der Waals surface area contributed by atoms with Gasteiger partial charge in [-0.1, -0.05) is 13.0 Å². The summed E-state index contributed by atoms with van der Waals surface area (Å²) in [6.45, 7) is 6.52. The average Bonchev–Trinajstić information content (AvgIpc) is 3.28. The Morgan fingerprint density at radius 1 is 1.29 bits per heavy atom. The maximum atomic E-state index is 13.9. The maximum absolute atomic E-state index is 13.9. The van der Waals surface area contributed by atoms with Gasteiger partial charge in [0.1, 0.15) is 11.6 Å². The zero-order valence-electron chi connectivity index (χ0n) is 12.8. The first-order valence-corrected chi connectivity index (χ1v) is 7.95. The molecule has 2 atom stereocenters. The molecule has 1 saturated heterocycles. The molecule has 1 aliphatic carbocycles. The van der Waals surface area contributed by atoms with Gasteiger partial charge in [-0.3, -0.25) is 4.90 Å². The molecule has 0 spiro atoms. The van der Waals surface area contributed by atoms with Gasteiger partial charge in [0.15, 0.2) is 0 Å². The van der Waals surface area contributed by atoms with Crippen molar-refractivity contribution in [2.45, 2.75) is 51.2 Å². The van der Waals surface area contributed by atoms with Crippen molar-refractivity contribution in [1.29, 1.82) is 0 Å². The van der Waals surface area contributed by atoms with Crippen molar-refractivity contribution in [2.75, 3.05) is 13.1 Å². The quantitative estimate of drug-likeness (QED) is 0.916. The molecule has 2 fully saturated rings. The molecule has 116 valence electrons. The Hall–Kier alpha value is -1.00. The van der Waals surface area contributed by atoms with Crippen LogP contribution in [0.25, 0.3) is 0 Å². The monoisotopic (exact) mass is 294 g/mol. The van der Waals surface area contributed by atoms with Crippen molar-refractivity contribution in [3.8, 4) is 0 Å². The summed E-state index contributed by atoms with van der Waals surface area (Å²) in [5.41, 5.74) is 0.295. The lowest BCUT2D eigenvalue weighted by Gasteiger charge is -2.46. The van der Waals surface area contributed by atoms with E-state index in [-0.39, 0.29) is 11.1 Å². The fourth-order valence-corrected chi connectivity index (χ4v) is 3.55. The Labute approximate surface area is 125 Å². The van der Waals surface area contributed by atoms with Gasteiger partial charge in [0, 0.05) is 36.8 Å². The summed E-state index contributed by atoms with van der Waals surface area (Å²) in [5.74, 6) is -0.156. The van der Waals surface area contributed by atoms with Crippen molar-refractivity contribution in [3.63, 3.8) is 0 Å². The first-order valence-electron chi connectivity index (χ1n) is 7.95. The van der Waals surface area contributed by atoms with E-state index in [2.05, 4.69) is 24.1 Å². The summed E-state index contributed by atoms with van der Waals surface area (Å²) in [4.78, 5) is 2.26. The minimum atomic E-state index is -0.434. The fourth-order valence-electron chi connectivity index (χ4n) is 3.55. The standard InChI is InChI=1S/C17H24F2N2/c1-3-13-9-20-17(2,12-7-8-12)11-21(13)10-14-15(18)5-4-6-16(14)19/h4-6,12-13,20H,3,7-11H2,1-2H3. The predicted octanol–water partition coefficient (Wildman–Crippen LogP) is 3.32. The number of piperazine rings is 1. The molecule has 1 aromatic carbocycles. The van der Waals surface area contributed by atoms with E-state index in [1.165, 1.54) is 31.0 Å². The fraction of sp³-hybridized carbons (Fsp3) is 0.647. The Bertz CT molecular complexity index is 495. The molecular weight excluding hydrogens is 270 g/mol. The average molecular weight is 294 g/mol. The van der Waals surface area contributed by atoms with E-state index in [0.717, 1.165) is 19.5 Å². The van der Waals surface area contributed by atoms with Crippen LogP contribution < -0.4 is 5.32 Å². The minimum absolute atomic E-state index is 0.0907. The van der Waals surface area contributed by atoms with Crippen LogP contribution in [0.15, 0.2) is 18.2 Å². The molecule has 21 heavy (non-hydrogen) atoms. The Morgan fingerprint density at radius 3 is 2.52 bits per heavy atom. The van der Waals surface area contributed by atoms with E-state index in [1.807, 2.05) is 0 Å². The zero-order chi connectivity index (χ0) is 15.0. The summed E-state index contributed by atoms with van der Waals surface area (Å²) >= 11 is 0. The van der Waals surface area contributed by atoms with Crippen LogP contribution in [-0.4, -0.2) is 29.6 Å². The first-order chi connectivity index (χ1) is 10.0. The van der Waals surface area contributed by atoms with E-state index in [0.29, 0.717) is 18.5 Å². The SMILES string of the molecule is CCC1CNC(C)(C2CC2)CN1Cc1c(F)cccc1F. The van der Waals surface area contributed by atoms with Gasteiger partial charge in [0.05, 0.1) is 0 Å². The van der Waals surface area contributed by atoms with Crippen molar-refractivity contribution >= 4 is 0 Å². The molecule has 3 rings (SSSR count). The first kappa shape index (κ1) is 14.9. The molecule has 2 nitrogen and oxygen atoms in total. The Kier molecular flexibility index (Phi) is 4.02. The van der Waals surface area contributed by atoms with Crippen LogP contribution >= 0.6 is 0 Å². The van der Waals surface area contributed by atoms with Gasteiger partial charge in [0.25, 0.3) is 0 Å². The lowest BCUT2D eigenvalue weighted by atomic mass is 9.90. The summed E-state index contributed by atoms with van der Waals surface area (Å²) in [7, 11) is 0. The third-order valence-corrected chi connectivity index (χ3v) is 5.16. The van der Waals surface area contributed by atoms with Crippen LogP contribution in [-0.2, 0) is 6.54 Å². The molecule has 1 aliphatic heterocycles. The van der Waals surface area contributed by atoms with Gasteiger partial charge < -0.3 is 5.32 Å². The number of halogens is 2. The number of nitrogens with zero attached hydrogens (tertiary/aromatic N) is 1. The molecule has 0 aromatic heterocycles. The number of hydrogen-bond donors (Lipinski definition) is 1. The van der Waals surface area contributed by atoms with Crippen LogP contribution in [0.4, 0.5) is 8.78 Å². The third kappa shape index (κ3) is 2.97. The zero-order valence-corrected chi connectivity index (χ0v) is 12.8. The lowest BCUT2D eigenvalue weighted by molar-refractivity contribution is 0.0647. The molecular formula is C17H24F2N2. The Morgan fingerprint density at radius 2 is 1.95 bits per heavy atom. The van der Waals surface area contributed by atoms with Crippen molar-refractivity contribution in [1.82, 2.24) is 10.2 Å². The normalized spacial score (nSPS) is 30.6. The Balaban J connectivity index is 1.80. The highest BCUT2D eigenvalue weighted by Gasteiger charge is 2.45. The summed E-state index contributed by atoms with van der Waals surface area (Å²) < 4.78 is 27.8. The van der Waals surface area contributed by atoms with Crippen molar-refractivity contribution in [3.05, 3.63) is 35.4 Å². The molecule has 1 saturated carbocycles. The van der Waals surface area contributed by atoms with E-state index >= 15 is 0 Å². The number of hydrogen-bond acceptors (Lipinski definition) is 2. The molecule has 1 aromatic rings.